The maximum Gasteiger partial charge on any atom is 0.167 e. The molecule has 1 heterocycles. The molecule has 7 heteroatoms. The van der Waals surface area contributed by atoms with Crippen LogP contribution in [0.4, 0.5) is 0 Å². The molecule has 4 rings (SSSR count). The van der Waals surface area contributed by atoms with Crippen molar-refractivity contribution in [1.82, 2.24) is 15.0 Å². The van der Waals surface area contributed by atoms with Crippen LogP contribution in [-0.2, 0) is 65.4 Å². The molecule has 0 aliphatic rings. The van der Waals surface area contributed by atoms with E-state index in [-0.39, 0.29) is 84.3 Å². The van der Waals surface area contributed by atoms with Crippen LogP contribution in [0.1, 0.15) is 35.1 Å². The van der Waals surface area contributed by atoms with Crippen LogP contribution in [-0.4, -0.2) is 25.2 Å². The van der Waals surface area contributed by atoms with Crippen LogP contribution in [0.15, 0.2) is 78.9 Å². The van der Waals surface area contributed by atoms with Gasteiger partial charge in [0.1, 0.15) is 11.5 Å². The molecule has 0 bridgehead atoms. The van der Waals surface area contributed by atoms with Gasteiger partial charge in [-0.25, -0.2) is 15.0 Å². The van der Waals surface area contributed by atoms with Gasteiger partial charge in [-0.3, -0.25) is 0 Å². The Balaban J connectivity index is 0. The Hall–Kier alpha value is -1.52. The number of rotatable bonds is 3. The van der Waals surface area contributed by atoms with Crippen LogP contribution in [0.25, 0.3) is 34.2 Å². The minimum atomic E-state index is -0.0887. The van der Waals surface area contributed by atoms with E-state index in [1.54, 1.807) is 6.07 Å². The first-order chi connectivity index (χ1) is 14.7. The molecule has 3 aromatic carbocycles. The Morgan fingerprint density at radius 3 is 1.33 bits per heavy atom. The van der Waals surface area contributed by atoms with Crippen molar-refractivity contribution in [3.63, 3.8) is 0 Å². The first-order valence-corrected chi connectivity index (χ1v) is 10.1. The van der Waals surface area contributed by atoms with Gasteiger partial charge >= 0.3 is 0 Å². The number of aromatic hydroxyl groups is 2. The van der Waals surface area contributed by atoms with Gasteiger partial charge in [-0.2, -0.15) is 0 Å². The summed E-state index contributed by atoms with van der Waals surface area (Å²) >= 11 is 0. The van der Waals surface area contributed by atoms with E-state index in [0.717, 1.165) is 11.1 Å². The number of hydrogen-bond acceptors (Lipinski definition) is 5. The summed E-state index contributed by atoms with van der Waals surface area (Å²) in [5.41, 5.74) is 2.14. The molecule has 0 saturated heterocycles. The number of benzene rings is 3. The molecular formula is C26H31N3O2Y2. The molecule has 0 spiro atoms. The number of phenolic OH excluding ortho intramolecular Hbond substituents is 2. The van der Waals surface area contributed by atoms with Crippen molar-refractivity contribution in [3.05, 3.63) is 78.9 Å². The van der Waals surface area contributed by atoms with E-state index < -0.39 is 0 Å². The fourth-order valence-electron chi connectivity index (χ4n) is 2.64. The summed E-state index contributed by atoms with van der Waals surface area (Å²) in [6, 6.07) is 23.5. The molecule has 33 heavy (non-hydrogen) atoms. The number of phenols is 2. The number of hydrogen-bond donors (Lipinski definition) is 2. The van der Waals surface area contributed by atoms with Gasteiger partial charge in [-0.1, -0.05) is 95.8 Å². The normalized spacial score (nSPS) is 8.73. The third-order valence-corrected chi connectivity index (χ3v) is 3.92. The van der Waals surface area contributed by atoms with Crippen molar-refractivity contribution >= 4 is 0 Å². The third kappa shape index (κ3) is 9.33. The minimum Gasteiger partial charge on any atom is -0.508 e. The van der Waals surface area contributed by atoms with Crippen molar-refractivity contribution in [1.29, 1.82) is 0 Å². The maximum absolute atomic E-state index is 10.2. The van der Waals surface area contributed by atoms with Gasteiger partial charge in [0.15, 0.2) is 17.5 Å². The van der Waals surface area contributed by atoms with Gasteiger partial charge in [-0.15, -0.1) is 0 Å². The molecule has 0 unspecified atom stereocenters. The number of aromatic nitrogens is 3. The van der Waals surface area contributed by atoms with E-state index >= 15 is 0 Å². The predicted octanol–water partition coefficient (Wildman–Crippen LogP) is 6.97. The molecule has 0 amide bonds. The quantitative estimate of drug-likeness (QED) is 0.268. The summed E-state index contributed by atoms with van der Waals surface area (Å²) in [5, 5.41) is 19.7. The largest absolute Gasteiger partial charge is 0.508 e. The zero-order chi connectivity index (χ0) is 21.9. The van der Waals surface area contributed by atoms with Crippen molar-refractivity contribution < 1.29 is 75.6 Å². The van der Waals surface area contributed by atoms with Crippen LogP contribution in [0, 0.1) is 0 Å². The van der Waals surface area contributed by atoms with Crippen LogP contribution in [0.2, 0.25) is 0 Å². The molecule has 1 aromatic heterocycles. The van der Waals surface area contributed by atoms with E-state index in [2.05, 4.69) is 15.0 Å². The molecule has 0 aliphatic carbocycles. The van der Waals surface area contributed by atoms with Crippen LogP contribution in [0.5, 0.6) is 11.5 Å². The second kappa shape index (κ2) is 17.9. The zero-order valence-electron chi connectivity index (χ0n) is 18.9. The second-order valence-corrected chi connectivity index (χ2v) is 5.74. The van der Waals surface area contributed by atoms with E-state index in [1.807, 2.05) is 88.4 Å². The van der Waals surface area contributed by atoms with E-state index in [1.165, 1.54) is 12.1 Å². The third-order valence-electron chi connectivity index (χ3n) is 3.92. The maximum atomic E-state index is 10.2. The summed E-state index contributed by atoms with van der Waals surface area (Å²) in [4.78, 5) is 13.6. The van der Waals surface area contributed by atoms with Gasteiger partial charge in [0, 0.05) is 82.6 Å². The first kappa shape index (κ1) is 33.6. The average Bonchev–Trinajstić information content (AvgIpc) is 2.82. The second-order valence-electron chi connectivity index (χ2n) is 5.74. The molecule has 0 saturated carbocycles. The topological polar surface area (TPSA) is 79.1 Å². The molecule has 0 atom stereocenters. The Bertz CT molecular complexity index is 1010. The SMILES string of the molecule is C.CC.CC.Oc1ccc(-c2nc(-c3ccccc3)nc(-c3ccccc3)n2)c(O)c1.[Y].[Y]. The average molecular weight is 595 g/mol. The van der Waals surface area contributed by atoms with Crippen molar-refractivity contribution in [3.8, 4) is 45.7 Å². The fourth-order valence-corrected chi connectivity index (χ4v) is 2.64. The Labute approximate surface area is 247 Å². The monoisotopic (exact) mass is 595 g/mol. The van der Waals surface area contributed by atoms with E-state index in [0.29, 0.717) is 23.0 Å². The smallest absolute Gasteiger partial charge is 0.167 e. The fraction of sp³-hybridized carbons (Fsp3) is 0.192. The van der Waals surface area contributed by atoms with E-state index in [9.17, 15) is 10.2 Å². The Morgan fingerprint density at radius 2 is 0.939 bits per heavy atom. The van der Waals surface area contributed by atoms with Gasteiger partial charge in [0.25, 0.3) is 0 Å². The van der Waals surface area contributed by atoms with Crippen LogP contribution in [0.3, 0.4) is 0 Å². The molecule has 2 radical (unpaired) electrons. The molecule has 168 valence electrons. The summed E-state index contributed by atoms with van der Waals surface area (Å²) < 4.78 is 0. The van der Waals surface area contributed by atoms with Crippen LogP contribution >= 0.6 is 0 Å². The molecule has 2 N–H and O–H groups in total. The molecule has 0 aliphatic heterocycles. The summed E-state index contributed by atoms with van der Waals surface area (Å²) in [5.74, 6) is 1.26. The van der Waals surface area contributed by atoms with Gasteiger partial charge in [0.2, 0.25) is 0 Å². The Kier molecular flexibility index (Phi) is 18.2. The summed E-state index contributed by atoms with van der Waals surface area (Å²) in [6.07, 6.45) is 0. The van der Waals surface area contributed by atoms with Gasteiger partial charge < -0.3 is 10.2 Å². The summed E-state index contributed by atoms with van der Waals surface area (Å²) in [6.45, 7) is 8.00. The molecule has 0 fully saturated rings. The summed E-state index contributed by atoms with van der Waals surface area (Å²) in [7, 11) is 0. The molecule has 5 nitrogen and oxygen atoms in total. The minimum absolute atomic E-state index is 0. The first-order valence-electron chi connectivity index (χ1n) is 10.1. The predicted molar refractivity (Wildman–Crippen MR) is 129 cm³/mol. The van der Waals surface area contributed by atoms with Crippen molar-refractivity contribution in [2.24, 2.45) is 0 Å². The van der Waals surface area contributed by atoms with Gasteiger partial charge in [-0.05, 0) is 12.1 Å². The zero-order valence-corrected chi connectivity index (χ0v) is 24.6. The van der Waals surface area contributed by atoms with Crippen molar-refractivity contribution in [2.75, 3.05) is 0 Å². The van der Waals surface area contributed by atoms with E-state index in [4.69, 9.17) is 0 Å². The molecular weight excluding hydrogens is 564 g/mol. The molecule has 4 aromatic rings. The standard InChI is InChI=1S/C21H15N3O2.2C2H6.CH4.2Y/c25-16-11-12-17(18(26)13-16)21-23-19(14-7-3-1-4-8-14)22-20(24-21)15-9-5-2-6-10-15;2*1-2;;;/h1-13,25-26H;2*1-2H3;1H4;;. The van der Waals surface area contributed by atoms with Crippen LogP contribution < -0.4 is 0 Å². The van der Waals surface area contributed by atoms with Crippen molar-refractivity contribution in [2.45, 2.75) is 35.1 Å². The Morgan fingerprint density at radius 1 is 0.545 bits per heavy atom. The number of nitrogens with zero attached hydrogens (tertiary/aromatic N) is 3. The van der Waals surface area contributed by atoms with Gasteiger partial charge in [0.05, 0.1) is 5.56 Å².